The molecule has 0 saturated carbocycles. The first-order chi connectivity index (χ1) is 29.8. The van der Waals surface area contributed by atoms with E-state index in [1.165, 1.54) is 33.4 Å². The molecule has 6 aromatic carbocycles. The van der Waals surface area contributed by atoms with Gasteiger partial charge in [0, 0.05) is 0 Å². The second-order valence-corrected chi connectivity index (χ2v) is 25.5. The zero-order valence-corrected chi connectivity index (χ0v) is 43.6. The predicted octanol–water partition coefficient (Wildman–Crippen LogP) is 18.1. The quantitative estimate of drug-likeness (QED) is 0.136. The molecular formula is C60H75O4P. The molecule has 0 bridgehead atoms. The average molecular weight is 891 g/mol. The highest BCUT2D eigenvalue weighted by Crippen LogP contribution is 2.51. The fourth-order valence-corrected chi connectivity index (χ4v) is 9.81. The summed E-state index contributed by atoms with van der Waals surface area (Å²) < 4.78 is 33.8. The van der Waals surface area contributed by atoms with Crippen LogP contribution >= 0.6 is 7.82 Å². The van der Waals surface area contributed by atoms with Crippen LogP contribution < -0.4 is 13.6 Å². The van der Waals surface area contributed by atoms with Crippen LogP contribution in [0.15, 0.2) is 127 Å². The summed E-state index contributed by atoms with van der Waals surface area (Å²) in [5.74, 6) is 1.11. The second-order valence-electron chi connectivity index (χ2n) is 24.1. The Bertz CT molecular complexity index is 2360. The Kier molecular flexibility index (Phi) is 13.4. The Balaban J connectivity index is 1.33. The van der Waals surface area contributed by atoms with E-state index in [1.54, 1.807) is 0 Å². The Labute approximate surface area is 392 Å². The van der Waals surface area contributed by atoms with Gasteiger partial charge in [-0.05, 0) is 136 Å². The minimum absolute atomic E-state index is 0.0155. The van der Waals surface area contributed by atoms with Crippen molar-refractivity contribution in [3.8, 4) is 50.6 Å². The van der Waals surface area contributed by atoms with E-state index in [0.717, 1.165) is 33.4 Å². The monoisotopic (exact) mass is 891 g/mol. The summed E-state index contributed by atoms with van der Waals surface area (Å²) in [6, 6.07) is 43.2. The summed E-state index contributed by atoms with van der Waals surface area (Å²) in [6.07, 6.45) is 0. The number of rotatable bonds is 9. The Morgan fingerprint density at radius 3 is 0.631 bits per heavy atom. The summed E-state index contributed by atoms with van der Waals surface area (Å²) in [5.41, 5.74) is 14.3. The first-order valence-electron chi connectivity index (χ1n) is 23.3. The largest absolute Gasteiger partial charge is 0.647 e. The maximum absolute atomic E-state index is 15.0. The van der Waals surface area contributed by atoms with Gasteiger partial charge in [0.15, 0.2) is 0 Å². The van der Waals surface area contributed by atoms with Crippen LogP contribution in [0.2, 0.25) is 0 Å². The maximum atomic E-state index is 15.0. The Morgan fingerprint density at radius 2 is 0.446 bits per heavy atom. The first-order valence-corrected chi connectivity index (χ1v) is 24.7. The van der Waals surface area contributed by atoms with Gasteiger partial charge in [0.05, 0.1) is 0 Å². The lowest BCUT2D eigenvalue weighted by Gasteiger charge is -2.30. The molecule has 0 N–H and O–H groups in total. The molecule has 0 aliphatic rings. The summed E-state index contributed by atoms with van der Waals surface area (Å²) in [6.45, 7) is 40.7. The van der Waals surface area contributed by atoms with E-state index in [9.17, 15) is 4.57 Å². The van der Waals surface area contributed by atoms with Crippen molar-refractivity contribution in [1.82, 2.24) is 0 Å². The van der Waals surface area contributed by atoms with Crippen LogP contribution in [0.5, 0.6) is 17.2 Å². The van der Waals surface area contributed by atoms with E-state index in [2.05, 4.69) is 179 Å². The van der Waals surface area contributed by atoms with Crippen molar-refractivity contribution in [3.63, 3.8) is 0 Å². The van der Waals surface area contributed by atoms with Gasteiger partial charge in [-0.15, -0.1) is 0 Å². The fourth-order valence-electron chi connectivity index (χ4n) is 8.56. The molecule has 6 aromatic rings. The fraction of sp³-hybridized carbons (Fsp3) is 0.400. The van der Waals surface area contributed by atoms with Crippen molar-refractivity contribution < 1.29 is 18.1 Å². The Morgan fingerprint density at radius 1 is 0.262 bits per heavy atom. The van der Waals surface area contributed by atoms with Gasteiger partial charge in [-0.25, -0.2) is 0 Å². The first kappa shape index (κ1) is 49.4. The number of phosphoric acid groups is 1. The third-order valence-corrected chi connectivity index (χ3v) is 13.4. The molecule has 0 aromatic heterocycles. The number of benzene rings is 6. The third kappa shape index (κ3) is 11.9. The molecule has 0 fully saturated rings. The maximum Gasteiger partial charge on any atom is 0.647 e. The second kappa shape index (κ2) is 17.6. The van der Waals surface area contributed by atoms with Crippen LogP contribution in [0.3, 0.4) is 0 Å². The highest BCUT2D eigenvalue weighted by molar-refractivity contribution is 7.49. The van der Waals surface area contributed by atoms with Crippen molar-refractivity contribution >= 4 is 7.82 Å². The van der Waals surface area contributed by atoms with Crippen molar-refractivity contribution in [2.45, 2.75) is 157 Å². The van der Waals surface area contributed by atoms with Gasteiger partial charge in [0.2, 0.25) is 0 Å². The van der Waals surface area contributed by atoms with E-state index in [-0.39, 0.29) is 32.5 Å². The molecule has 4 nitrogen and oxygen atoms in total. The van der Waals surface area contributed by atoms with Gasteiger partial charge in [-0.3, -0.25) is 0 Å². The SMILES string of the molecule is CC(C)(C)c1ccc(-c2ccc(OP(=O)(Oc3ccc(-c4ccc(C(C)(C)C)c(C(C)(C)C)c4)cc3)Oc3ccc(-c4ccc(C(C)(C)C)c(C(C)(C)C)c4)cc3)cc2)cc1C(C)(C)C. The van der Waals surface area contributed by atoms with Gasteiger partial charge in [-0.2, -0.15) is 4.57 Å². The smallest absolute Gasteiger partial charge is 0.386 e. The standard InChI is InChI=1S/C60H75O4P/c1-55(2,3)49-34-25-43(37-52(49)58(10,11)12)40-19-28-46(29-20-40)62-65(61,63-47-30-21-41(22-31-47)44-26-35-50(56(4,5)6)53(38-44)59(13,14)15)64-48-32-23-42(24-33-48)45-27-36-51(57(7,8)9)54(39-45)60(16,17)18/h19-39H,1-18H3. The summed E-state index contributed by atoms with van der Waals surface area (Å²) >= 11 is 0. The van der Waals surface area contributed by atoms with E-state index in [0.29, 0.717) is 17.2 Å². The molecule has 0 heterocycles. The van der Waals surface area contributed by atoms with Crippen molar-refractivity contribution in [2.75, 3.05) is 0 Å². The van der Waals surface area contributed by atoms with E-state index in [4.69, 9.17) is 13.6 Å². The molecule has 344 valence electrons. The minimum atomic E-state index is -4.31. The minimum Gasteiger partial charge on any atom is -0.386 e. The van der Waals surface area contributed by atoms with Crippen LogP contribution in [-0.2, 0) is 37.1 Å². The van der Waals surface area contributed by atoms with E-state index < -0.39 is 7.82 Å². The van der Waals surface area contributed by atoms with Crippen LogP contribution in [-0.4, -0.2) is 0 Å². The summed E-state index contributed by atoms with van der Waals surface area (Å²) in [7, 11) is -4.31. The van der Waals surface area contributed by atoms with Crippen LogP contribution in [0.25, 0.3) is 33.4 Å². The normalized spacial score (nSPS) is 13.1. The van der Waals surface area contributed by atoms with Crippen LogP contribution in [0.1, 0.15) is 158 Å². The molecule has 0 aliphatic heterocycles. The van der Waals surface area contributed by atoms with Gasteiger partial charge in [-0.1, -0.05) is 216 Å². The van der Waals surface area contributed by atoms with Crippen LogP contribution in [0.4, 0.5) is 0 Å². The van der Waals surface area contributed by atoms with Gasteiger partial charge < -0.3 is 13.6 Å². The molecule has 6 rings (SSSR count). The van der Waals surface area contributed by atoms with Crippen molar-refractivity contribution in [2.24, 2.45) is 0 Å². The molecule has 0 radical (unpaired) electrons. The average Bonchev–Trinajstić information content (AvgIpc) is 3.19. The zero-order chi connectivity index (χ0) is 48.1. The van der Waals surface area contributed by atoms with Crippen molar-refractivity contribution in [3.05, 3.63) is 161 Å². The molecule has 0 amide bonds. The molecular weight excluding hydrogens is 816 g/mol. The summed E-state index contributed by atoms with van der Waals surface area (Å²) in [4.78, 5) is 0. The predicted molar refractivity (Wildman–Crippen MR) is 277 cm³/mol. The van der Waals surface area contributed by atoms with Gasteiger partial charge in [0.25, 0.3) is 0 Å². The Hall–Kier alpha value is -5.05. The molecule has 0 unspecified atom stereocenters. The van der Waals surface area contributed by atoms with Crippen LogP contribution in [0, 0.1) is 0 Å². The van der Waals surface area contributed by atoms with Gasteiger partial charge in [0.1, 0.15) is 17.2 Å². The molecule has 0 spiro atoms. The molecule has 0 saturated heterocycles. The van der Waals surface area contributed by atoms with Gasteiger partial charge >= 0.3 is 7.82 Å². The summed E-state index contributed by atoms with van der Waals surface area (Å²) in [5, 5.41) is 0. The molecule has 5 heteroatoms. The number of hydrogen-bond acceptors (Lipinski definition) is 4. The molecule has 0 aliphatic carbocycles. The topological polar surface area (TPSA) is 44.8 Å². The highest BCUT2D eigenvalue weighted by atomic mass is 31.2. The highest BCUT2D eigenvalue weighted by Gasteiger charge is 2.34. The van der Waals surface area contributed by atoms with Crippen molar-refractivity contribution in [1.29, 1.82) is 0 Å². The number of hydrogen-bond donors (Lipinski definition) is 0. The van der Waals surface area contributed by atoms with E-state index >= 15 is 0 Å². The third-order valence-electron chi connectivity index (χ3n) is 12.1. The lowest BCUT2D eigenvalue weighted by molar-refractivity contribution is 0.298. The molecule has 65 heavy (non-hydrogen) atoms. The lowest BCUT2D eigenvalue weighted by Crippen LogP contribution is -2.21. The molecule has 0 atom stereocenters. The zero-order valence-electron chi connectivity index (χ0n) is 42.7. The lowest BCUT2D eigenvalue weighted by atomic mass is 9.74. The number of phosphoric ester groups is 1. The van der Waals surface area contributed by atoms with E-state index in [1.807, 2.05) is 72.8 Å².